The maximum absolute atomic E-state index is 12.7. The highest BCUT2D eigenvalue weighted by molar-refractivity contribution is 6.06. The monoisotopic (exact) mass is 644 g/mol. The van der Waals surface area contributed by atoms with Gasteiger partial charge < -0.3 is 23.7 Å². The number of esters is 4. The van der Waals surface area contributed by atoms with Gasteiger partial charge in [0.05, 0.1) is 24.2 Å². The molecule has 7 rings (SSSR count). The van der Waals surface area contributed by atoms with E-state index in [4.69, 9.17) is 23.7 Å². The van der Waals surface area contributed by atoms with Crippen LogP contribution in [0.1, 0.15) is 51.7 Å². The second-order valence-electron chi connectivity index (χ2n) is 11.7. The van der Waals surface area contributed by atoms with Crippen molar-refractivity contribution in [1.29, 1.82) is 0 Å². The number of carbonyl (C=O) groups excluding carboxylic acids is 5. The van der Waals surface area contributed by atoms with E-state index < -0.39 is 47.5 Å². The first-order chi connectivity index (χ1) is 23.3. The van der Waals surface area contributed by atoms with Gasteiger partial charge in [-0.15, -0.1) is 0 Å². The van der Waals surface area contributed by atoms with Crippen molar-refractivity contribution in [3.8, 4) is 23.0 Å². The van der Waals surface area contributed by atoms with E-state index in [1.165, 1.54) is 6.08 Å². The summed E-state index contributed by atoms with van der Waals surface area (Å²) in [5.74, 6) is -3.29. The molecule has 2 aliphatic heterocycles. The molecule has 0 saturated carbocycles. The third-order valence-electron chi connectivity index (χ3n) is 8.73. The number of carbonyl (C=O) groups is 5. The van der Waals surface area contributed by atoms with Crippen LogP contribution >= 0.6 is 0 Å². The van der Waals surface area contributed by atoms with Crippen molar-refractivity contribution in [2.75, 3.05) is 6.79 Å². The third-order valence-corrected chi connectivity index (χ3v) is 8.73. The van der Waals surface area contributed by atoms with Gasteiger partial charge in [0.2, 0.25) is 6.79 Å². The molecule has 0 aromatic heterocycles. The highest BCUT2D eigenvalue weighted by Crippen LogP contribution is 2.51. The maximum Gasteiger partial charge on any atom is 0.321 e. The maximum atomic E-state index is 12.7. The predicted octanol–water partition coefficient (Wildman–Crippen LogP) is 6.15. The van der Waals surface area contributed by atoms with Crippen LogP contribution in [0.25, 0.3) is 6.08 Å². The van der Waals surface area contributed by atoms with Crippen LogP contribution in [0.3, 0.4) is 0 Å². The van der Waals surface area contributed by atoms with Crippen LogP contribution in [0, 0.1) is 11.8 Å². The summed E-state index contributed by atoms with van der Waals surface area (Å²) in [6.07, 6.45) is 3.41. The Morgan fingerprint density at radius 1 is 0.667 bits per heavy atom. The van der Waals surface area contributed by atoms with E-state index in [1.807, 2.05) is 30.3 Å². The molecule has 4 unspecified atom stereocenters. The molecule has 2 heterocycles. The minimum Gasteiger partial charge on any atom is -0.458 e. The van der Waals surface area contributed by atoms with E-state index in [1.54, 1.807) is 72.8 Å². The lowest BCUT2D eigenvalue weighted by Crippen LogP contribution is -2.31. The molecule has 3 aliphatic rings. The van der Waals surface area contributed by atoms with Gasteiger partial charge in [0, 0.05) is 5.56 Å². The van der Waals surface area contributed by atoms with Crippen LogP contribution in [0.15, 0.2) is 103 Å². The lowest BCUT2D eigenvalue weighted by Gasteiger charge is -2.33. The number of hydrogen-bond acceptors (Lipinski definition) is 10. The van der Waals surface area contributed by atoms with Gasteiger partial charge >= 0.3 is 23.9 Å². The molecule has 0 amide bonds. The van der Waals surface area contributed by atoms with Crippen LogP contribution < -0.4 is 14.2 Å². The van der Waals surface area contributed by atoms with E-state index in [-0.39, 0.29) is 25.4 Å². The Morgan fingerprint density at radius 3 is 2.00 bits per heavy atom. The normalized spacial score (nSPS) is 21.3. The molecule has 0 bridgehead atoms. The van der Waals surface area contributed by atoms with Crippen molar-refractivity contribution in [3.05, 3.63) is 125 Å². The Balaban J connectivity index is 0.963. The number of ketones is 1. The summed E-state index contributed by atoms with van der Waals surface area (Å²) in [6, 6.07) is 28.3. The number of ether oxygens (including phenoxy) is 5. The number of fused-ring (bicyclic) bond motifs is 3. The van der Waals surface area contributed by atoms with Crippen molar-refractivity contribution in [2.45, 2.75) is 24.7 Å². The van der Waals surface area contributed by atoms with Crippen molar-refractivity contribution in [3.63, 3.8) is 0 Å². The van der Waals surface area contributed by atoms with E-state index in [0.29, 0.717) is 39.7 Å². The summed E-state index contributed by atoms with van der Waals surface area (Å²) < 4.78 is 27.2. The molecule has 240 valence electrons. The number of cyclic esters (lactones) is 4. The fraction of sp³-hybridized carbons (Fsp3) is 0.184. The molecule has 4 atom stereocenters. The Morgan fingerprint density at radius 2 is 1.31 bits per heavy atom. The quantitative estimate of drug-likeness (QED) is 0.0651. The molecule has 0 N–H and O–H groups in total. The Labute approximate surface area is 274 Å². The zero-order valence-electron chi connectivity index (χ0n) is 25.4. The second-order valence-corrected chi connectivity index (χ2v) is 11.7. The zero-order valence-corrected chi connectivity index (χ0v) is 25.4. The summed E-state index contributed by atoms with van der Waals surface area (Å²) in [5, 5.41) is 0. The van der Waals surface area contributed by atoms with Crippen LogP contribution in [0.2, 0.25) is 0 Å². The van der Waals surface area contributed by atoms with E-state index >= 15 is 0 Å². The molecule has 1 aliphatic carbocycles. The first-order valence-electron chi connectivity index (χ1n) is 15.4. The zero-order chi connectivity index (χ0) is 33.2. The summed E-state index contributed by atoms with van der Waals surface area (Å²) in [7, 11) is 0. The van der Waals surface area contributed by atoms with E-state index in [9.17, 15) is 24.0 Å². The van der Waals surface area contributed by atoms with Gasteiger partial charge in [-0.2, -0.15) is 0 Å². The largest absolute Gasteiger partial charge is 0.458 e. The summed E-state index contributed by atoms with van der Waals surface area (Å²) in [4.78, 5) is 61.7. The molecule has 2 saturated heterocycles. The minimum absolute atomic E-state index is 0.0363. The standard InChI is InChI=1S/C38H28O10/c39-33(23-4-2-1-3-5-23)17-8-22-6-9-24(10-7-22)44-21-45-25-11-13-26(14-12-25)46-27-15-16-28-29(31-20-34(40)47-36(31)41)19-32-35(30(28)18-27)38(43)48-37(32)42/h1-18,29,31-32,35H,19-21H2. The van der Waals surface area contributed by atoms with Crippen molar-refractivity contribution >= 4 is 35.7 Å². The summed E-state index contributed by atoms with van der Waals surface area (Å²) in [5.41, 5.74) is 2.72. The van der Waals surface area contributed by atoms with Gasteiger partial charge in [-0.1, -0.05) is 54.6 Å². The highest BCUT2D eigenvalue weighted by Gasteiger charge is 2.53. The van der Waals surface area contributed by atoms with Gasteiger partial charge in [0.25, 0.3) is 0 Å². The van der Waals surface area contributed by atoms with Gasteiger partial charge in [0.15, 0.2) is 5.78 Å². The molecule has 2 fully saturated rings. The molecular weight excluding hydrogens is 616 g/mol. The molecule has 48 heavy (non-hydrogen) atoms. The van der Waals surface area contributed by atoms with Crippen LogP contribution in [-0.2, 0) is 28.7 Å². The molecular formula is C38H28O10. The second kappa shape index (κ2) is 13.0. The number of rotatable bonds is 10. The Hall–Kier alpha value is -6.03. The fourth-order valence-electron chi connectivity index (χ4n) is 6.37. The van der Waals surface area contributed by atoms with Crippen molar-refractivity contribution in [2.24, 2.45) is 11.8 Å². The Bertz CT molecular complexity index is 1930. The number of benzene rings is 4. The van der Waals surface area contributed by atoms with Crippen LogP contribution in [-0.4, -0.2) is 36.5 Å². The molecule has 10 nitrogen and oxygen atoms in total. The first-order valence-corrected chi connectivity index (χ1v) is 15.4. The van der Waals surface area contributed by atoms with Gasteiger partial charge in [0.1, 0.15) is 23.0 Å². The molecule has 0 radical (unpaired) electrons. The molecule has 4 aromatic carbocycles. The fourth-order valence-corrected chi connectivity index (χ4v) is 6.37. The Kier molecular flexibility index (Phi) is 8.29. The van der Waals surface area contributed by atoms with Gasteiger partial charge in [-0.05, 0) is 83.6 Å². The van der Waals surface area contributed by atoms with Gasteiger partial charge in [-0.3, -0.25) is 24.0 Å². The molecule has 4 aromatic rings. The first kappa shape index (κ1) is 30.6. The van der Waals surface area contributed by atoms with Gasteiger partial charge in [-0.25, -0.2) is 0 Å². The SMILES string of the molecule is O=C1CC(C2CC3C(=O)OC(=O)C3c3cc(Oc4ccc(OCOc5ccc(C=CC(=O)c6ccccc6)cc5)cc4)ccc32)C(=O)O1. The van der Waals surface area contributed by atoms with E-state index in [0.717, 1.165) is 5.56 Å². The lowest BCUT2D eigenvalue weighted by atomic mass is 9.67. The number of allylic oxidation sites excluding steroid dienone is 1. The average Bonchev–Trinajstić information content (AvgIpc) is 3.59. The average molecular weight is 645 g/mol. The van der Waals surface area contributed by atoms with Crippen LogP contribution in [0.5, 0.6) is 23.0 Å². The topological polar surface area (TPSA) is 132 Å². The van der Waals surface area contributed by atoms with E-state index in [2.05, 4.69) is 0 Å². The lowest BCUT2D eigenvalue weighted by molar-refractivity contribution is -0.155. The van der Waals surface area contributed by atoms with Crippen molar-refractivity contribution in [1.82, 2.24) is 0 Å². The number of hydrogen-bond donors (Lipinski definition) is 0. The summed E-state index contributed by atoms with van der Waals surface area (Å²) >= 11 is 0. The summed E-state index contributed by atoms with van der Waals surface area (Å²) in [6.45, 7) is -0.0363. The highest BCUT2D eigenvalue weighted by atomic mass is 16.7. The van der Waals surface area contributed by atoms with Crippen LogP contribution in [0.4, 0.5) is 0 Å². The molecule has 0 spiro atoms. The minimum atomic E-state index is -0.812. The predicted molar refractivity (Wildman–Crippen MR) is 169 cm³/mol. The smallest absolute Gasteiger partial charge is 0.321 e. The third kappa shape index (κ3) is 6.32. The molecule has 10 heteroatoms. The van der Waals surface area contributed by atoms with Crippen molar-refractivity contribution < 1.29 is 47.7 Å².